The summed E-state index contributed by atoms with van der Waals surface area (Å²) in [5.41, 5.74) is 1.82. The number of aliphatic hydroxyl groups is 2. The molecule has 3 aliphatic rings. The maximum absolute atomic E-state index is 13.6. The number of amides is 5. The van der Waals surface area contributed by atoms with Crippen LogP contribution in [0, 0.1) is 0 Å². The number of nitrogens with one attached hydrogen (secondary N) is 3. The first-order chi connectivity index (χ1) is 30.4. The maximum atomic E-state index is 13.6. The van der Waals surface area contributed by atoms with E-state index in [0.29, 0.717) is 103 Å². The summed E-state index contributed by atoms with van der Waals surface area (Å²) in [6.45, 7) is 9.92. The van der Waals surface area contributed by atoms with Gasteiger partial charge >= 0.3 is 18.0 Å². The molecule has 0 spiro atoms. The predicted molar refractivity (Wildman–Crippen MR) is 229 cm³/mol. The minimum absolute atomic E-state index is 0.00495. The van der Waals surface area contributed by atoms with Crippen molar-refractivity contribution in [1.29, 1.82) is 0 Å². The molecule has 19 nitrogen and oxygen atoms in total. The van der Waals surface area contributed by atoms with E-state index >= 15 is 0 Å². The van der Waals surface area contributed by atoms with E-state index in [9.17, 15) is 29.4 Å². The van der Waals surface area contributed by atoms with Crippen LogP contribution < -0.4 is 25.4 Å². The number of esters is 1. The standard InChI is InChI=1S/C44H66N6O13/c1-44(2)62-32-39(63-44)31-61-41(54)14-8-34-5-11-38(12-6-34)60-30-36(52)28-50(18-17-47-43(56)49-21-25-58-26-22-49)40(53)13-7-33-3-9-37(10-4-33)59-29-35(51)27-45-15-16-46-42(55)48-19-23-57-24-20-48/h3-6,9-12,35-36,39,45,51-52H,7-8,13-32H2,1-2H3,(H,46,55)(H,47,56)/t35-,36-,39-/m0/s1. The predicted octanol–water partition coefficient (Wildman–Crippen LogP) is 0.928. The highest BCUT2D eigenvalue weighted by Crippen LogP contribution is 2.22. The third kappa shape index (κ3) is 18.5. The van der Waals surface area contributed by atoms with Crippen LogP contribution in [0.25, 0.3) is 0 Å². The van der Waals surface area contributed by atoms with Gasteiger partial charge in [0.15, 0.2) is 5.79 Å². The minimum Gasteiger partial charge on any atom is -0.491 e. The van der Waals surface area contributed by atoms with Crippen LogP contribution in [-0.4, -0.2) is 191 Å². The van der Waals surface area contributed by atoms with Crippen molar-refractivity contribution < 1.29 is 62.5 Å². The van der Waals surface area contributed by atoms with Crippen molar-refractivity contribution in [3.05, 3.63) is 59.7 Å². The van der Waals surface area contributed by atoms with Crippen molar-refractivity contribution in [1.82, 2.24) is 30.7 Å². The number of carbonyl (C=O) groups is 4. The fourth-order valence-electron chi connectivity index (χ4n) is 6.91. The lowest BCUT2D eigenvalue weighted by Gasteiger charge is -2.29. The molecule has 0 aliphatic carbocycles. The molecule has 3 heterocycles. The molecule has 3 atom stereocenters. The summed E-state index contributed by atoms with van der Waals surface area (Å²) in [6, 6.07) is 14.2. The number of benzene rings is 2. The molecule has 5 N–H and O–H groups in total. The maximum Gasteiger partial charge on any atom is 0.317 e. The van der Waals surface area contributed by atoms with Crippen LogP contribution in [0.3, 0.4) is 0 Å². The number of urea groups is 2. The molecule has 2 aromatic rings. The number of rotatable bonds is 24. The smallest absolute Gasteiger partial charge is 0.317 e. The third-order valence-electron chi connectivity index (χ3n) is 10.5. The normalized spacial score (nSPS) is 18.3. The van der Waals surface area contributed by atoms with Crippen molar-refractivity contribution >= 4 is 23.9 Å². The second kappa shape index (κ2) is 26.1. The van der Waals surface area contributed by atoms with Gasteiger partial charge in [-0.1, -0.05) is 24.3 Å². The summed E-state index contributed by atoms with van der Waals surface area (Å²) in [6.07, 6.45) is -0.766. The number of hydrogen-bond donors (Lipinski definition) is 5. The molecule has 19 heteroatoms. The zero-order valence-corrected chi connectivity index (χ0v) is 36.6. The molecule has 63 heavy (non-hydrogen) atoms. The highest BCUT2D eigenvalue weighted by atomic mass is 16.7. The van der Waals surface area contributed by atoms with Gasteiger partial charge < -0.3 is 74.0 Å². The molecule has 2 aromatic carbocycles. The van der Waals surface area contributed by atoms with Gasteiger partial charge in [-0.3, -0.25) is 9.59 Å². The molecule has 0 aromatic heterocycles. The van der Waals surface area contributed by atoms with E-state index in [0.717, 1.165) is 11.1 Å². The van der Waals surface area contributed by atoms with Crippen LogP contribution in [0.4, 0.5) is 9.59 Å². The third-order valence-corrected chi connectivity index (χ3v) is 10.5. The Morgan fingerprint density at radius 2 is 1.30 bits per heavy atom. The Morgan fingerprint density at radius 1 is 0.762 bits per heavy atom. The van der Waals surface area contributed by atoms with Gasteiger partial charge in [0.1, 0.15) is 49.6 Å². The average molecular weight is 887 g/mol. The molecular weight excluding hydrogens is 821 g/mol. The van der Waals surface area contributed by atoms with Gasteiger partial charge in [-0.05, 0) is 62.1 Å². The number of carbonyl (C=O) groups excluding carboxylic acids is 4. The number of hydrogen-bond acceptors (Lipinski definition) is 14. The minimum atomic E-state index is -1.01. The molecule has 3 saturated heterocycles. The van der Waals surface area contributed by atoms with Crippen LogP contribution in [0.15, 0.2) is 48.5 Å². The first-order valence-corrected chi connectivity index (χ1v) is 21.9. The Bertz CT molecular complexity index is 1690. The number of morpholine rings is 2. The van der Waals surface area contributed by atoms with Gasteiger partial charge in [0, 0.05) is 78.3 Å². The van der Waals surface area contributed by atoms with Crippen LogP contribution in [-0.2, 0) is 46.1 Å². The van der Waals surface area contributed by atoms with E-state index in [1.54, 1.807) is 34.1 Å². The Hall–Kier alpha value is -4.76. The van der Waals surface area contributed by atoms with E-state index in [-0.39, 0.29) is 82.3 Å². The lowest BCUT2D eigenvalue weighted by molar-refractivity contribution is -0.158. The summed E-state index contributed by atoms with van der Waals surface area (Å²) < 4.78 is 38.7. The van der Waals surface area contributed by atoms with Gasteiger partial charge in [-0.15, -0.1) is 0 Å². The fourth-order valence-corrected chi connectivity index (χ4v) is 6.91. The first kappa shape index (κ1) is 49.3. The second-order valence-electron chi connectivity index (χ2n) is 16.1. The van der Waals surface area contributed by atoms with Crippen molar-refractivity contribution in [2.75, 3.05) is 118 Å². The Kier molecular flexibility index (Phi) is 20.4. The highest BCUT2D eigenvalue weighted by molar-refractivity contribution is 5.77. The average Bonchev–Trinajstić information content (AvgIpc) is 3.66. The van der Waals surface area contributed by atoms with Crippen molar-refractivity contribution in [2.24, 2.45) is 0 Å². The van der Waals surface area contributed by atoms with Crippen molar-refractivity contribution in [3.63, 3.8) is 0 Å². The number of aliphatic hydroxyl groups excluding tert-OH is 2. The zero-order chi connectivity index (χ0) is 44.9. The number of aryl methyl sites for hydroxylation is 2. The van der Waals surface area contributed by atoms with Gasteiger partial charge in [0.25, 0.3) is 0 Å². The van der Waals surface area contributed by atoms with Crippen LogP contribution in [0.1, 0.15) is 37.8 Å². The summed E-state index contributed by atoms with van der Waals surface area (Å²) >= 11 is 0. The Morgan fingerprint density at radius 3 is 1.86 bits per heavy atom. The van der Waals surface area contributed by atoms with Gasteiger partial charge in [-0.2, -0.15) is 0 Å². The van der Waals surface area contributed by atoms with Gasteiger partial charge in [-0.25, -0.2) is 9.59 Å². The number of ether oxygens (including phenoxy) is 7. The van der Waals surface area contributed by atoms with Crippen LogP contribution >= 0.6 is 0 Å². The SMILES string of the molecule is CC1(C)OC[C@H](COC(=O)CCc2ccc(OC[C@@H](O)CN(CCNC(=O)N3CCOCC3)C(=O)CCc3ccc(OC[C@@H](O)CNCCNC(=O)N4CCOCC4)cc3)cc2)O1. The monoisotopic (exact) mass is 886 g/mol. The molecule has 3 aliphatic heterocycles. The largest absolute Gasteiger partial charge is 0.491 e. The fraction of sp³-hybridized carbons (Fsp3) is 0.636. The van der Waals surface area contributed by atoms with Crippen LogP contribution in [0.2, 0.25) is 0 Å². The molecule has 3 fully saturated rings. The van der Waals surface area contributed by atoms with E-state index in [1.165, 1.54) is 4.90 Å². The quantitative estimate of drug-likeness (QED) is 0.0733. The van der Waals surface area contributed by atoms with E-state index in [1.807, 2.05) is 38.1 Å². The van der Waals surface area contributed by atoms with E-state index in [2.05, 4.69) is 16.0 Å². The lowest BCUT2D eigenvalue weighted by Crippen LogP contribution is -2.49. The van der Waals surface area contributed by atoms with E-state index < -0.39 is 18.0 Å². The number of nitrogens with zero attached hydrogens (tertiary/aromatic N) is 3. The molecule has 0 bridgehead atoms. The van der Waals surface area contributed by atoms with Crippen molar-refractivity contribution in [3.8, 4) is 11.5 Å². The topological polar surface area (TPSA) is 219 Å². The highest BCUT2D eigenvalue weighted by Gasteiger charge is 2.33. The van der Waals surface area contributed by atoms with Gasteiger partial charge in [0.05, 0.1) is 33.0 Å². The molecule has 0 saturated carbocycles. The van der Waals surface area contributed by atoms with E-state index in [4.69, 9.17) is 33.2 Å². The van der Waals surface area contributed by atoms with Crippen molar-refractivity contribution in [2.45, 2.75) is 63.6 Å². The molecule has 5 rings (SSSR count). The lowest BCUT2D eigenvalue weighted by atomic mass is 10.1. The summed E-state index contributed by atoms with van der Waals surface area (Å²) in [4.78, 5) is 55.6. The Labute approximate surface area is 369 Å². The molecule has 0 unspecified atom stereocenters. The summed E-state index contributed by atoms with van der Waals surface area (Å²) in [5, 5.41) is 30.2. The molecule has 5 amide bonds. The molecule has 0 radical (unpaired) electrons. The van der Waals surface area contributed by atoms with Crippen LogP contribution in [0.5, 0.6) is 11.5 Å². The second-order valence-corrected chi connectivity index (χ2v) is 16.1. The molecular formula is C44H66N6O13. The summed E-state index contributed by atoms with van der Waals surface area (Å²) in [7, 11) is 0. The summed E-state index contributed by atoms with van der Waals surface area (Å²) in [5.74, 6) is -0.0959. The first-order valence-electron chi connectivity index (χ1n) is 21.9. The zero-order valence-electron chi connectivity index (χ0n) is 36.6. The molecule has 350 valence electrons. The van der Waals surface area contributed by atoms with Gasteiger partial charge in [0.2, 0.25) is 5.91 Å². The Balaban J connectivity index is 1.01.